The molecule has 0 aromatic carbocycles. The molecule has 0 radical (unpaired) electrons. The van der Waals surface area contributed by atoms with Crippen LogP contribution >= 0.6 is 12.2 Å². The van der Waals surface area contributed by atoms with E-state index >= 15 is 0 Å². The minimum atomic E-state index is -0.0457. The summed E-state index contributed by atoms with van der Waals surface area (Å²) >= 11 is 5.30. The van der Waals surface area contributed by atoms with E-state index in [1.165, 1.54) is 6.42 Å². The Bertz CT molecular complexity index is 429. The Balaban J connectivity index is 1.98. The van der Waals surface area contributed by atoms with E-state index in [2.05, 4.69) is 10.3 Å². The molecule has 0 aliphatic heterocycles. The molecular weight excluding hydrogens is 246 g/mol. The Labute approximate surface area is 112 Å². The second-order valence-corrected chi connectivity index (χ2v) is 4.80. The Morgan fingerprint density at radius 1 is 1.61 bits per heavy atom. The van der Waals surface area contributed by atoms with E-state index in [0.717, 1.165) is 18.4 Å². The van der Waals surface area contributed by atoms with Crippen LogP contribution in [0.3, 0.4) is 0 Å². The highest BCUT2D eigenvalue weighted by Crippen LogP contribution is 2.18. The van der Waals surface area contributed by atoms with Gasteiger partial charge in [0.05, 0.1) is 6.54 Å². The molecule has 96 valence electrons. The summed E-state index contributed by atoms with van der Waals surface area (Å²) in [4.78, 5) is 5.63. The van der Waals surface area contributed by atoms with Crippen molar-refractivity contribution >= 4 is 23.3 Å². The van der Waals surface area contributed by atoms with E-state index in [9.17, 15) is 0 Å². The summed E-state index contributed by atoms with van der Waals surface area (Å²) in [7, 11) is 0. The standard InChI is InChI=1S/C12H17N5S/c13-11(14)17(8-9-3-2-6-15-7-9)12(18)16-10-4-1-5-10/h2-3,6-7,10H,1,4-5,8H2,(H3,13,14)(H,16,18). The average molecular weight is 263 g/mol. The van der Waals surface area contributed by atoms with Crippen molar-refractivity contribution in [2.24, 2.45) is 5.73 Å². The van der Waals surface area contributed by atoms with Gasteiger partial charge >= 0.3 is 0 Å². The van der Waals surface area contributed by atoms with E-state index < -0.39 is 0 Å². The molecule has 6 heteroatoms. The van der Waals surface area contributed by atoms with Crippen LogP contribution in [0.2, 0.25) is 0 Å². The number of pyridine rings is 1. The zero-order valence-electron chi connectivity index (χ0n) is 10.1. The highest BCUT2D eigenvalue weighted by Gasteiger charge is 2.21. The van der Waals surface area contributed by atoms with Crippen LogP contribution in [-0.4, -0.2) is 27.0 Å². The van der Waals surface area contributed by atoms with Crippen LogP contribution in [0.25, 0.3) is 0 Å². The van der Waals surface area contributed by atoms with E-state index in [0.29, 0.717) is 17.7 Å². The quantitative estimate of drug-likeness (QED) is 0.434. The maximum absolute atomic E-state index is 7.61. The van der Waals surface area contributed by atoms with Gasteiger partial charge in [0, 0.05) is 18.4 Å². The van der Waals surface area contributed by atoms with Crippen molar-refractivity contribution in [2.75, 3.05) is 0 Å². The number of hydrogen-bond acceptors (Lipinski definition) is 3. The van der Waals surface area contributed by atoms with Gasteiger partial charge in [0.2, 0.25) is 0 Å². The minimum Gasteiger partial charge on any atom is -0.370 e. The summed E-state index contributed by atoms with van der Waals surface area (Å²) in [6, 6.07) is 4.23. The summed E-state index contributed by atoms with van der Waals surface area (Å²) in [5.41, 5.74) is 6.56. The van der Waals surface area contributed by atoms with Crippen LogP contribution < -0.4 is 11.1 Å². The molecule has 1 saturated carbocycles. The van der Waals surface area contributed by atoms with Crippen molar-refractivity contribution in [3.05, 3.63) is 30.1 Å². The molecule has 1 fully saturated rings. The first-order valence-corrected chi connectivity index (χ1v) is 6.38. The molecule has 1 aromatic rings. The molecule has 0 atom stereocenters. The molecule has 2 rings (SSSR count). The van der Waals surface area contributed by atoms with Crippen LogP contribution in [0.15, 0.2) is 24.5 Å². The molecule has 1 aliphatic carbocycles. The fourth-order valence-electron chi connectivity index (χ4n) is 1.75. The smallest absolute Gasteiger partial charge is 0.195 e. The maximum Gasteiger partial charge on any atom is 0.195 e. The molecule has 0 amide bonds. The molecular formula is C12H17N5S. The van der Waals surface area contributed by atoms with Crippen LogP contribution in [-0.2, 0) is 6.54 Å². The SMILES string of the molecule is N=C(N)N(Cc1cccnc1)C(=S)NC1CCC1. The number of rotatable bonds is 3. The summed E-state index contributed by atoms with van der Waals surface area (Å²) in [6.45, 7) is 0.474. The second-order valence-electron chi connectivity index (χ2n) is 4.41. The predicted molar refractivity (Wildman–Crippen MR) is 75.1 cm³/mol. The normalized spacial score (nSPS) is 14.7. The monoisotopic (exact) mass is 263 g/mol. The Kier molecular flexibility index (Phi) is 4.09. The molecule has 18 heavy (non-hydrogen) atoms. The largest absolute Gasteiger partial charge is 0.370 e. The van der Waals surface area contributed by atoms with E-state index in [1.807, 2.05) is 12.1 Å². The number of thiocarbonyl (C=S) groups is 1. The van der Waals surface area contributed by atoms with Gasteiger partial charge in [-0.1, -0.05) is 6.07 Å². The molecule has 1 aromatic heterocycles. The first-order chi connectivity index (χ1) is 8.66. The van der Waals surface area contributed by atoms with Crippen molar-refractivity contribution in [3.8, 4) is 0 Å². The summed E-state index contributed by atoms with van der Waals surface area (Å²) in [5.74, 6) is -0.0457. The fourth-order valence-corrected chi connectivity index (χ4v) is 2.08. The third-order valence-electron chi connectivity index (χ3n) is 3.03. The van der Waals surface area contributed by atoms with Gasteiger partial charge in [-0.3, -0.25) is 15.3 Å². The van der Waals surface area contributed by atoms with Crippen molar-refractivity contribution < 1.29 is 0 Å². The van der Waals surface area contributed by atoms with Crippen molar-refractivity contribution in [3.63, 3.8) is 0 Å². The molecule has 0 bridgehead atoms. The second kappa shape index (κ2) is 5.77. The molecule has 4 N–H and O–H groups in total. The highest BCUT2D eigenvalue weighted by molar-refractivity contribution is 7.80. The number of nitrogens with one attached hydrogen (secondary N) is 2. The lowest BCUT2D eigenvalue weighted by atomic mass is 9.93. The zero-order valence-corrected chi connectivity index (χ0v) is 10.9. The van der Waals surface area contributed by atoms with Crippen LogP contribution in [0.1, 0.15) is 24.8 Å². The lowest BCUT2D eigenvalue weighted by Gasteiger charge is -2.32. The zero-order chi connectivity index (χ0) is 13.0. The first kappa shape index (κ1) is 12.8. The molecule has 0 saturated heterocycles. The molecule has 0 spiro atoms. The lowest BCUT2D eigenvalue weighted by Crippen LogP contribution is -2.50. The van der Waals surface area contributed by atoms with E-state index in [-0.39, 0.29) is 5.96 Å². The minimum absolute atomic E-state index is 0.0457. The van der Waals surface area contributed by atoms with Gasteiger partial charge in [-0.2, -0.15) is 0 Å². The first-order valence-electron chi connectivity index (χ1n) is 5.98. The van der Waals surface area contributed by atoms with E-state index in [1.54, 1.807) is 17.3 Å². The van der Waals surface area contributed by atoms with Crippen molar-refractivity contribution in [1.29, 1.82) is 5.41 Å². The predicted octanol–water partition coefficient (Wildman–Crippen LogP) is 1.20. The van der Waals surface area contributed by atoms with Gasteiger partial charge in [0.25, 0.3) is 0 Å². The number of nitrogens with zero attached hydrogens (tertiary/aromatic N) is 2. The van der Waals surface area contributed by atoms with Gasteiger partial charge in [0.15, 0.2) is 11.1 Å². The Morgan fingerprint density at radius 2 is 2.39 bits per heavy atom. The van der Waals surface area contributed by atoms with Crippen LogP contribution in [0.5, 0.6) is 0 Å². The third kappa shape index (κ3) is 3.16. The Hall–Kier alpha value is -1.69. The average Bonchev–Trinajstić information content (AvgIpc) is 2.31. The van der Waals surface area contributed by atoms with Gasteiger partial charge < -0.3 is 11.1 Å². The number of hydrogen-bond donors (Lipinski definition) is 3. The summed E-state index contributed by atoms with van der Waals surface area (Å²) < 4.78 is 0. The summed E-state index contributed by atoms with van der Waals surface area (Å²) in [6.07, 6.45) is 6.98. The number of guanidine groups is 1. The number of aromatic nitrogens is 1. The van der Waals surface area contributed by atoms with Crippen LogP contribution in [0.4, 0.5) is 0 Å². The molecule has 0 unspecified atom stereocenters. The fraction of sp³-hybridized carbons (Fsp3) is 0.417. The molecule has 1 heterocycles. The topological polar surface area (TPSA) is 78.0 Å². The maximum atomic E-state index is 7.61. The Morgan fingerprint density at radius 3 is 2.89 bits per heavy atom. The summed E-state index contributed by atoms with van der Waals surface area (Å²) in [5, 5.41) is 11.4. The van der Waals surface area contributed by atoms with Gasteiger partial charge in [-0.25, -0.2) is 0 Å². The third-order valence-corrected chi connectivity index (χ3v) is 3.37. The molecule has 1 aliphatic rings. The van der Waals surface area contributed by atoms with Crippen LogP contribution in [0, 0.1) is 5.41 Å². The van der Waals surface area contributed by atoms with Gasteiger partial charge in [-0.05, 0) is 43.1 Å². The number of nitrogens with two attached hydrogens (primary N) is 1. The molecule has 5 nitrogen and oxygen atoms in total. The lowest BCUT2D eigenvalue weighted by molar-refractivity contribution is 0.373. The van der Waals surface area contributed by atoms with Crippen molar-refractivity contribution in [2.45, 2.75) is 31.8 Å². The van der Waals surface area contributed by atoms with Crippen molar-refractivity contribution in [1.82, 2.24) is 15.2 Å². The highest BCUT2D eigenvalue weighted by atomic mass is 32.1. The van der Waals surface area contributed by atoms with E-state index in [4.69, 9.17) is 23.4 Å². The van der Waals surface area contributed by atoms with Gasteiger partial charge in [0.1, 0.15) is 0 Å². The van der Waals surface area contributed by atoms with Gasteiger partial charge in [-0.15, -0.1) is 0 Å².